The third kappa shape index (κ3) is 5.49. The van der Waals surface area contributed by atoms with Crippen molar-refractivity contribution in [2.45, 2.75) is 24.8 Å². The van der Waals surface area contributed by atoms with Gasteiger partial charge in [-0.3, -0.25) is 9.59 Å². The van der Waals surface area contributed by atoms with Crippen molar-refractivity contribution < 1.29 is 27.5 Å². The fourth-order valence-corrected chi connectivity index (χ4v) is 3.26. The quantitative estimate of drug-likeness (QED) is 0.546. The van der Waals surface area contributed by atoms with E-state index in [4.69, 9.17) is 4.74 Å². The Morgan fingerprint density at radius 1 is 1.00 bits per heavy atom. The number of hydrogen-bond acceptors (Lipinski definition) is 6. The van der Waals surface area contributed by atoms with Gasteiger partial charge in [-0.2, -0.15) is 0 Å². The molecule has 0 unspecified atom stereocenters. The SMILES string of the molecule is CC(=O)c1ccc(NC(=O)[C@H](C)OC(=O)c2cccc(S(=O)(=O)N(C)C)c2)cc1. The Kier molecular flexibility index (Phi) is 6.89. The maximum Gasteiger partial charge on any atom is 0.338 e. The molecule has 0 aliphatic rings. The fraction of sp³-hybridized carbons (Fsp3) is 0.250. The summed E-state index contributed by atoms with van der Waals surface area (Å²) in [6.07, 6.45) is -1.12. The number of amides is 1. The predicted octanol–water partition coefficient (Wildman–Crippen LogP) is 2.32. The van der Waals surface area contributed by atoms with Crippen molar-refractivity contribution >= 4 is 33.4 Å². The van der Waals surface area contributed by atoms with Crippen molar-refractivity contribution in [3.63, 3.8) is 0 Å². The second-order valence-electron chi connectivity index (χ2n) is 6.49. The average Bonchev–Trinajstić information content (AvgIpc) is 2.68. The minimum Gasteiger partial charge on any atom is -0.449 e. The summed E-state index contributed by atoms with van der Waals surface area (Å²) in [4.78, 5) is 35.8. The van der Waals surface area contributed by atoms with Gasteiger partial charge in [0.15, 0.2) is 11.9 Å². The van der Waals surface area contributed by atoms with Gasteiger partial charge in [0.1, 0.15) is 0 Å². The lowest BCUT2D eigenvalue weighted by Crippen LogP contribution is -2.30. The van der Waals surface area contributed by atoms with E-state index >= 15 is 0 Å². The molecule has 0 saturated carbocycles. The van der Waals surface area contributed by atoms with Crippen molar-refractivity contribution in [3.8, 4) is 0 Å². The molecule has 154 valence electrons. The van der Waals surface area contributed by atoms with Gasteiger partial charge in [-0.25, -0.2) is 17.5 Å². The lowest BCUT2D eigenvalue weighted by atomic mass is 10.1. The van der Waals surface area contributed by atoms with Gasteiger partial charge in [0.05, 0.1) is 10.5 Å². The number of ketones is 1. The first-order valence-electron chi connectivity index (χ1n) is 8.68. The number of rotatable bonds is 7. The lowest BCUT2D eigenvalue weighted by Gasteiger charge is -2.15. The topological polar surface area (TPSA) is 110 Å². The van der Waals surface area contributed by atoms with Crippen LogP contribution in [0.15, 0.2) is 53.4 Å². The standard InChI is InChI=1S/C20H22N2O6S/c1-13(23)15-8-10-17(11-9-15)21-19(24)14(2)28-20(25)16-6-5-7-18(12-16)29(26,27)22(3)4/h5-12,14H,1-4H3,(H,21,24)/t14-/m0/s1. The number of anilines is 1. The number of ether oxygens (including phenoxy) is 1. The first-order chi connectivity index (χ1) is 13.5. The Morgan fingerprint density at radius 2 is 1.62 bits per heavy atom. The van der Waals surface area contributed by atoms with Crippen LogP contribution in [0.2, 0.25) is 0 Å². The Labute approximate surface area is 169 Å². The highest BCUT2D eigenvalue weighted by Gasteiger charge is 2.22. The molecule has 2 rings (SSSR count). The van der Waals surface area contributed by atoms with Gasteiger partial charge < -0.3 is 10.1 Å². The lowest BCUT2D eigenvalue weighted by molar-refractivity contribution is -0.123. The van der Waals surface area contributed by atoms with Crippen LogP contribution in [0.1, 0.15) is 34.6 Å². The van der Waals surface area contributed by atoms with Crippen LogP contribution in [0.4, 0.5) is 5.69 Å². The van der Waals surface area contributed by atoms with Gasteiger partial charge in [-0.1, -0.05) is 6.07 Å². The summed E-state index contributed by atoms with van der Waals surface area (Å²) in [5, 5.41) is 2.59. The van der Waals surface area contributed by atoms with Crippen molar-refractivity contribution in [3.05, 3.63) is 59.7 Å². The summed E-state index contributed by atoms with van der Waals surface area (Å²) in [5.41, 5.74) is 0.968. The van der Waals surface area contributed by atoms with Crippen LogP contribution < -0.4 is 5.32 Å². The van der Waals surface area contributed by atoms with Gasteiger partial charge in [-0.05, 0) is 56.3 Å². The molecule has 0 spiro atoms. The summed E-state index contributed by atoms with van der Waals surface area (Å²) < 4.78 is 30.6. The molecule has 0 saturated heterocycles. The molecule has 1 amide bonds. The molecule has 8 nitrogen and oxygen atoms in total. The van der Waals surface area contributed by atoms with E-state index in [2.05, 4.69) is 5.32 Å². The minimum atomic E-state index is -3.71. The second kappa shape index (κ2) is 8.97. The maximum atomic E-state index is 12.3. The zero-order valence-corrected chi connectivity index (χ0v) is 17.3. The van der Waals surface area contributed by atoms with Crippen molar-refractivity contribution in [1.29, 1.82) is 0 Å². The van der Waals surface area contributed by atoms with Crippen LogP contribution >= 0.6 is 0 Å². The largest absolute Gasteiger partial charge is 0.449 e. The number of benzene rings is 2. The molecule has 1 N–H and O–H groups in total. The zero-order valence-electron chi connectivity index (χ0n) is 16.5. The molecule has 0 aromatic heterocycles. The van der Waals surface area contributed by atoms with E-state index in [-0.39, 0.29) is 16.2 Å². The minimum absolute atomic E-state index is 0.0124. The second-order valence-corrected chi connectivity index (χ2v) is 8.64. The maximum absolute atomic E-state index is 12.3. The number of carbonyl (C=O) groups excluding carboxylic acids is 3. The number of esters is 1. The van der Waals surface area contributed by atoms with E-state index in [9.17, 15) is 22.8 Å². The fourth-order valence-electron chi connectivity index (χ4n) is 2.31. The van der Waals surface area contributed by atoms with Crippen molar-refractivity contribution in [2.24, 2.45) is 0 Å². The highest BCUT2D eigenvalue weighted by molar-refractivity contribution is 7.89. The van der Waals surface area contributed by atoms with Crippen LogP contribution in [-0.2, 0) is 19.6 Å². The van der Waals surface area contributed by atoms with Gasteiger partial charge >= 0.3 is 5.97 Å². The molecule has 0 bridgehead atoms. The number of Topliss-reactive ketones (excluding diaryl/α,β-unsaturated/α-hetero) is 1. The molecule has 9 heteroatoms. The molecule has 2 aromatic rings. The number of nitrogens with one attached hydrogen (secondary N) is 1. The van der Waals surface area contributed by atoms with Crippen LogP contribution in [0.25, 0.3) is 0 Å². The van der Waals surface area contributed by atoms with Gasteiger partial charge in [0.25, 0.3) is 5.91 Å². The van der Waals surface area contributed by atoms with Gasteiger partial charge in [0, 0.05) is 25.3 Å². The Morgan fingerprint density at radius 3 is 2.17 bits per heavy atom. The Balaban J connectivity index is 2.06. The van der Waals surface area contributed by atoms with E-state index in [1.54, 1.807) is 24.3 Å². The van der Waals surface area contributed by atoms with E-state index in [0.717, 1.165) is 4.31 Å². The Bertz CT molecular complexity index is 1030. The highest BCUT2D eigenvalue weighted by Crippen LogP contribution is 2.16. The third-order valence-corrected chi connectivity index (χ3v) is 5.87. The average molecular weight is 418 g/mol. The van der Waals surface area contributed by atoms with Gasteiger partial charge in [-0.15, -0.1) is 0 Å². The molecule has 2 aromatic carbocycles. The summed E-state index contributed by atoms with van der Waals surface area (Å²) in [5.74, 6) is -1.48. The normalized spacial score (nSPS) is 12.3. The number of carbonyl (C=O) groups is 3. The Hall–Kier alpha value is -3.04. The van der Waals surface area contributed by atoms with E-state index in [1.807, 2.05) is 0 Å². The molecular weight excluding hydrogens is 396 g/mol. The summed E-state index contributed by atoms with van der Waals surface area (Å²) >= 11 is 0. The van der Waals surface area contributed by atoms with Crippen LogP contribution in [-0.4, -0.2) is 50.6 Å². The summed E-state index contributed by atoms with van der Waals surface area (Å²) in [6, 6.07) is 11.7. The molecule has 0 heterocycles. The molecule has 1 atom stereocenters. The van der Waals surface area contributed by atoms with Gasteiger partial charge in [0.2, 0.25) is 10.0 Å². The number of sulfonamides is 1. The third-order valence-electron chi connectivity index (χ3n) is 4.06. The monoisotopic (exact) mass is 418 g/mol. The summed E-state index contributed by atoms with van der Waals surface area (Å²) in [6.45, 7) is 2.84. The summed E-state index contributed by atoms with van der Waals surface area (Å²) in [7, 11) is -0.937. The molecular formula is C20H22N2O6S. The van der Waals surface area contributed by atoms with Crippen molar-refractivity contribution in [1.82, 2.24) is 4.31 Å². The van der Waals surface area contributed by atoms with E-state index in [0.29, 0.717) is 11.3 Å². The van der Waals surface area contributed by atoms with Crippen molar-refractivity contribution in [2.75, 3.05) is 19.4 Å². The highest BCUT2D eigenvalue weighted by atomic mass is 32.2. The van der Waals surface area contributed by atoms with E-state index < -0.39 is 28.0 Å². The first-order valence-corrected chi connectivity index (χ1v) is 10.1. The molecule has 0 aliphatic carbocycles. The smallest absolute Gasteiger partial charge is 0.338 e. The molecule has 0 radical (unpaired) electrons. The van der Waals surface area contributed by atoms with E-state index in [1.165, 1.54) is 52.2 Å². The van der Waals surface area contributed by atoms with Crippen LogP contribution in [0.3, 0.4) is 0 Å². The predicted molar refractivity (Wildman–Crippen MR) is 107 cm³/mol. The molecule has 0 fully saturated rings. The number of nitrogens with zero attached hydrogens (tertiary/aromatic N) is 1. The van der Waals surface area contributed by atoms with Crippen LogP contribution in [0, 0.1) is 0 Å². The van der Waals surface area contributed by atoms with Crippen LogP contribution in [0.5, 0.6) is 0 Å². The zero-order chi connectivity index (χ0) is 21.8. The molecule has 29 heavy (non-hydrogen) atoms. The number of hydrogen-bond donors (Lipinski definition) is 1. The first kappa shape index (κ1) is 22.3. The molecule has 0 aliphatic heterocycles.